The quantitative estimate of drug-likeness (QED) is 0.741. The maximum atomic E-state index is 11.9. The summed E-state index contributed by atoms with van der Waals surface area (Å²) in [5.41, 5.74) is -0.147. The summed E-state index contributed by atoms with van der Waals surface area (Å²) in [6.07, 6.45) is -4.85. The molecule has 88 valence electrons. The SMILES string of the molecule is [2H]COc1cc(OC(F)(F)F)ccc1B(O)O. The Balaban J connectivity index is 3.01. The van der Waals surface area contributed by atoms with Crippen molar-refractivity contribution in [3.05, 3.63) is 18.2 Å². The minimum Gasteiger partial charge on any atom is -0.497 e. The molecule has 0 saturated heterocycles. The van der Waals surface area contributed by atoms with Crippen molar-refractivity contribution in [2.24, 2.45) is 0 Å². The fourth-order valence-electron chi connectivity index (χ4n) is 1.05. The standard InChI is InChI=1S/C8H8BF3O4/c1-15-7-4-5(16-8(10,11)12)2-3-6(7)9(13)14/h2-4,13-14H,1H3/i1D. The first-order chi connectivity index (χ1) is 7.83. The molecule has 1 aromatic carbocycles. The molecule has 0 heterocycles. The van der Waals surface area contributed by atoms with Crippen LogP contribution in [0.25, 0.3) is 0 Å². The van der Waals surface area contributed by atoms with Crippen molar-refractivity contribution in [2.45, 2.75) is 6.36 Å². The van der Waals surface area contributed by atoms with E-state index in [1.54, 1.807) is 0 Å². The molecule has 16 heavy (non-hydrogen) atoms. The van der Waals surface area contributed by atoms with E-state index in [2.05, 4.69) is 9.47 Å². The lowest BCUT2D eigenvalue weighted by atomic mass is 9.79. The molecule has 1 rings (SSSR count). The van der Waals surface area contributed by atoms with Crippen LogP contribution in [0.1, 0.15) is 1.37 Å². The van der Waals surface area contributed by atoms with E-state index < -0.39 is 26.3 Å². The molecule has 2 N–H and O–H groups in total. The highest BCUT2D eigenvalue weighted by atomic mass is 19.4. The molecule has 8 heteroatoms. The third-order valence-electron chi connectivity index (χ3n) is 1.65. The Hall–Kier alpha value is -1.41. The number of methoxy groups -OCH3 is 1. The number of benzene rings is 1. The molecule has 0 aliphatic carbocycles. The van der Waals surface area contributed by atoms with Crippen LogP contribution in [-0.4, -0.2) is 30.6 Å². The minimum atomic E-state index is -4.85. The average molecular weight is 237 g/mol. The van der Waals surface area contributed by atoms with E-state index in [1.165, 1.54) is 0 Å². The summed E-state index contributed by atoms with van der Waals surface area (Å²) < 4.78 is 50.8. The van der Waals surface area contributed by atoms with Gasteiger partial charge >= 0.3 is 13.5 Å². The van der Waals surface area contributed by atoms with Crippen molar-refractivity contribution < 1.29 is 34.1 Å². The first-order valence-corrected chi connectivity index (χ1v) is 4.01. The molecule has 0 bridgehead atoms. The van der Waals surface area contributed by atoms with Gasteiger partial charge in [-0.05, 0) is 6.07 Å². The van der Waals surface area contributed by atoms with Crippen molar-refractivity contribution in [1.82, 2.24) is 0 Å². The summed E-state index contributed by atoms with van der Waals surface area (Å²) in [7, 11) is -2.48. The third-order valence-corrected chi connectivity index (χ3v) is 1.65. The highest BCUT2D eigenvalue weighted by molar-refractivity contribution is 6.59. The summed E-state index contributed by atoms with van der Waals surface area (Å²) in [5, 5.41) is 17.8. The largest absolute Gasteiger partial charge is 0.573 e. The lowest BCUT2D eigenvalue weighted by Gasteiger charge is -2.12. The van der Waals surface area contributed by atoms with Gasteiger partial charge in [-0.2, -0.15) is 0 Å². The molecular formula is C8H8BF3O4. The Bertz CT molecular complexity index is 386. The van der Waals surface area contributed by atoms with Crippen molar-refractivity contribution in [1.29, 1.82) is 0 Å². The number of rotatable bonds is 3. The number of alkyl halides is 3. The van der Waals surface area contributed by atoms with Crippen LogP contribution in [0, 0.1) is 0 Å². The molecule has 0 spiro atoms. The maximum absolute atomic E-state index is 11.9. The Morgan fingerprint density at radius 3 is 2.56 bits per heavy atom. The summed E-state index contributed by atoms with van der Waals surface area (Å²) in [5.74, 6) is -0.817. The van der Waals surface area contributed by atoms with E-state index in [9.17, 15) is 13.2 Å². The van der Waals surface area contributed by atoms with Crippen LogP contribution in [0.2, 0.25) is 0 Å². The van der Waals surface area contributed by atoms with Gasteiger partial charge in [0.15, 0.2) is 0 Å². The van der Waals surface area contributed by atoms with Gasteiger partial charge in [-0.25, -0.2) is 0 Å². The average Bonchev–Trinajstić information content (AvgIpc) is 2.15. The van der Waals surface area contributed by atoms with E-state index in [-0.39, 0.29) is 11.2 Å². The molecule has 0 fully saturated rings. The van der Waals surface area contributed by atoms with E-state index in [0.29, 0.717) is 0 Å². The number of halogens is 3. The topological polar surface area (TPSA) is 58.9 Å². The summed E-state index contributed by atoms with van der Waals surface area (Å²) in [4.78, 5) is 0. The molecule has 0 atom stereocenters. The lowest BCUT2D eigenvalue weighted by molar-refractivity contribution is -0.274. The molecule has 0 radical (unpaired) electrons. The molecule has 0 aliphatic heterocycles. The summed E-state index contributed by atoms with van der Waals surface area (Å²) >= 11 is 0. The van der Waals surface area contributed by atoms with Gasteiger partial charge in [-0.15, -0.1) is 13.2 Å². The second-order valence-electron chi connectivity index (χ2n) is 2.77. The van der Waals surface area contributed by atoms with Crippen molar-refractivity contribution >= 4 is 12.6 Å². The van der Waals surface area contributed by atoms with Gasteiger partial charge in [-0.1, -0.05) is 6.07 Å². The third kappa shape index (κ3) is 3.32. The first-order valence-electron chi connectivity index (χ1n) is 4.72. The van der Waals surface area contributed by atoms with Gasteiger partial charge < -0.3 is 19.5 Å². The van der Waals surface area contributed by atoms with Crippen LogP contribution >= 0.6 is 0 Å². The van der Waals surface area contributed by atoms with Gasteiger partial charge in [0.05, 0.1) is 8.46 Å². The van der Waals surface area contributed by atoms with Crippen LogP contribution < -0.4 is 14.9 Å². The zero-order valence-electron chi connectivity index (χ0n) is 8.86. The van der Waals surface area contributed by atoms with Gasteiger partial charge in [-0.3, -0.25) is 0 Å². The number of ether oxygens (including phenoxy) is 2. The molecule has 0 aromatic heterocycles. The molecular weight excluding hydrogens is 228 g/mol. The fraction of sp³-hybridized carbons (Fsp3) is 0.250. The Morgan fingerprint density at radius 1 is 1.38 bits per heavy atom. The minimum absolute atomic E-state index is 0.147. The van der Waals surface area contributed by atoms with Crippen molar-refractivity contribution in [3.8, 4) is 11.5 Å². The predicted octanol–water partition coefficient (Wildman–Crippen LogP) is 0.274. The van der Waals surface area contributed by atoms with Crippen molar-refractivity contribution in [2.75, 3.05) is 7.09 Å². The summed E-state index contributed by atoms with van der Waals surface area (Å²) in [6, 6.07) is 2.76. The van der Waals surface area contributed by atoms with Gasteiger partial charge in [0.2, 0.25) is 0 Å². The second-order valence-corrected chi connectivity index (χ2v) is 2.77. The van der Waals surface area contributed by atoms with Crippen LogP contribution in [0.5, 0.6) is 11.5 Å². The molecule has 4 nitrogen and oxygen atoms in total. The summed E-state index contributed by atoms with van der Waals surface area (Å²) in [6.45, 7) is 0. The van der Waals surface area contributed by atoms with Crippen LogP contribution in [-0.2, 0) is 0 Å². The highest BCUT2D eigenvalue weighted by Crippen LogP contribution is 2.25. The molecule has 0 saturated carbocycles. The zero-order chi connectivity index (χ0) is 13.1. The Kier molecular flexibility index (Phi) is 3.21. The maximum Gasteiger partial charge on any atom is 0.573 e. The molecule has 0 amide bonds. The Morgan fingerprint density at radius 2 is 2.06 bits per heavy atom. The zero-order valence-corrected chi connectivity index (χ0v) is 7.86. The van der Waals surface area contributed by atoms with Gasteiger partial charge in [0.25, 0.3) is 0 Å². The van der Waals surface area contributed by atoms with E-state index in [0.717, 1.165) is 18.2 Å². The molecule has 0 unspecified atom stereocenters. The highest BCUT2D eigenvalue weighted by Gasteiger charge is 2.31. The number of hydrogen-bond donors (Lipinski definition) is 2. The normalized spacial score (nSPS) is 11.9. The van der Waals surface area contributed by atoms with Crippen LogP contribution in [0.3, 0.4) is 0 Å². The first kappa shape index (κ1) is 11.1. The van der Waals surface area contributed by atoms with Gasteiger partial charge in [0, 0.05) is 11.5 Å². The van der Waals surface area contributed by atoms with Crippen LogP contribution in [0.4, 0.5) is 13.2 Å². The predicted molar refractivity (Wildman–Crippen MR) is 49.5 cm³/mol. The fourth-order valence-corrected chi connectivity index (χ4v) is 1.05. The van der Waals surface area contributed by atoms with E-state index in [1.807, 2.05) is 0 Å². The molecule has 0 aliphatic rings. The van der Waals surface area contributed by atoms with E-state index >= 15 is 0 Å². The van der Waals surface area contributed by atoms with Crippen molar-refractivity contribution in [3.63, 3.8) is 0 Å². The number of hydrogen-bond acceptors (Lipinski definition) is 4. The lowest BCUT2D eigenvalue weighted by Crippen LogP contribution is -2.31. The van der Waals surface area contributed by atoms with Gasteiger partial charge in [0.1, 0.15) is 11.5 Å². The molecule has 1 aromatic rings. The monoisotopic (exact) mass is 237 g/mol. The second kappa shape index (κ2) is 4.62. The smallest absolute Gasteiger partial charge is 0.497 e. The Labute approximate surface area is 90.8 Å². The van der Waals surface area contributed by atoms with Crippen LogP contribution in [0.15, 0.2) is 18.2 Å². The van der Waals surface area contributed by atoms with E-state index in [4.69, 9.17) is 11.4 Å².